The van der Waals surface area contributed by atoms with Crippen LogP contribution in [0.3, 0.4) is 0 Å². The van der Waals surface area contributed by atoms with Crippen molar-refractivity contribution in [2.75, 3.05) is 33.2 Å². The summed E-state index contributed by atoms with van der Waals surface area (Å²) >= 11 is 0. The van der Waals surface area contributed by atoms with Gasteiger partial charge in [0, 0.05) is 13.6 Å². The molecule has 0 atom stereocenters. The van der Waals surface area contributed by atoms with Crippen molar-refractivity contribution >= 4 is 17.8 Å². The van der Waals surface area contributed by atoms with Crippen LogP contribution in [-0.4, -0.2) is 71.1 Å². The third-order valence-corrected chi connectivity index (χ3v) is 2.06. The van der Waals surface area contributed by atoms with Crippen LogP contribution in [0, 0.1) is 11.3 Å². The molecule has 2 N–H and O–H groups in total. The molecule has 0 fully saturated rings. The van der Waals surface area contributed by atoms with Crippen molar-refractivity contribution in [3.05, 3.63) is 0 Å². The molecule has 0 radical (unpaired) electrons. The van der Waals surface area contributed by atoms with E-state index in [2.05, 4.69) is 0 Å². The molecule has 0 aliphatic carbocycles. The highest BCUT2D eigenvalue weighted by molar-refractivity contribution is 5.80. The average Bonchev–Trinajstić information content (AvgIpc) is 2.23. The van der Waals surface area contributed by atoms with Crippen LogP contribution in [0.15, 0.2) is 0 Å². The first-order valence-electron chi connectivity index (χ1n) is 5.13. The Labute approximate surface area is 104 Å². The zero-order valence-corrected chi connectivity index (χ0v) is 10.00. The Balaban J connectivity index is 4.38. The fraction of sp³-hybridized carbons (Fsp3) is 0.600. The van der Waals surface area contributed by atoms with Crippen LogP contribution in [0.25, 0.3) is 0 Å². The van der Waals surface area contributed by atoms with Gasteiger partial charge in [-0.3, -0.25) is 19.3 Å². The number of carbonyl (C=O) groups is 3. The standard InChI is InChI=1S/C10H15N3O5/c1-12(4-2-3-11)8(14)5-13(6-9(15)16)7-10(17)18/h2,4-7H2,1H3,(H,15,16)(H,17,18). The first-order valence-corrected chi connectivity index (χ1v) is 5.13. The summed E-state index contributed by atoms with van der Waals surface area (Å²) < 4.78 is 0. The monoisotopic (exact) mass is 257 g/mol. The SMILES string of the molecule is CN(CCC#N)C(=O)CN(CC(=O)O)CC(=O)O. The van der Waals surface area contributed by atoms with Gasteiger partial charge in [0.2, 0.25) is 5.91 Å². The maximum absolute atomic E-state index is 11.6. The minimum absolute atomic E-state index is 0.167. The van der Waals surface area contributed by atoms with E-state index >= 15 is 0 Å². The minimum Gasteiger partial charge on any atom is -0.480 e. The van der Waals surface area contributed by atoms with Crippen LogP contribution >= 0.6 is 0 Å². The van der Waals surface area contributed by atoms with Gasteiger partial charge in [-0.15, -0.1) is 0 Å². The van der Waals surface area contributed by atoms with E-state index in [1.54, 1.807) is 0 Å². The van der Waals surface area contributed by atoms with Crippen molar-refractivity contribution in [2.45, 2.75) is 6.42 Å². The maximum atomic E-state index is 11.6. The zero-order chi connectivity index (χ0) is 14.1. The predicted molar refractivity (Wildman–Crippen MR) is 59.6 cm³/mol. The third-order valence-electron chi connectivity index (χ3n) is 2.06. The van der Waals surface area contributed by atoms with Gasteiger partial charge < -0.3 is 15.1 Å². The lowest BCUT2D eigenvalue weighted by Crippen LogP contribution is -2.43. The largest absolute Gasteiger partial charge is 0.480 e. The van der Waals surface area contributed by atoms with Crippen LogP contribution in [0.1, 0.15) is 6.42 Å². The number of hydrogen-bond donors (Lipinski definition) is 2. The summed E-state index contributed by atoms with van der Waals surface area (Å²) in [7, 11) is 1.47. The normalized spacial score (nSPS) is 9.83. The van der Waals surface area contributed by atoms with E-state index in [4.69, 9.17) is 15.5 Å². The number of likely N-dealkylation sites (N-methyl/N-ethyl adjacent to an activating group) is 1. The Bertz CT molecular complexity index is 347. The molecule has 0 aromatic carbocycles. The topological polar surface area (TPSA) is 122 Å². The number of carboxylic acids is 2. The van der Waals surface area contributed by atoms with Gasteiger partial charge in [-0.1, -0.05) is 0 Å². The molecule has 0 rings (SSSR count). The summed E-state index contributed by atoms with van der Waals surface area (Å²) in [6, 6.07) is 1.88. The lowest BCUT2D eigenvalue weighted by atomic mass is 10.3. The van der Waals surface area contributed by atoms with Crippen molar-refractivity contribution in [3.8, 4) is 6.07 Å². The van der Waals surface area contributed by atoms with Crippen LogP contribution in [0.5, 0.6) is 0 Å². The van der Waals surface area contributed by atoms with E-state index in [0.29, 0.717) is 0 Å². The number of nitriles is 1. The zero-order valence-electron chi connectivity index (χ0n) is 10.00. The fourth-order valence-corrected chi connectivity index (χ4v) is 1.20. The number of rotatable bonds is 8. The summed E-state index contributed by atoms with van der Waals surface area (Å²) in [6.07, 6.45) is 0.167. The molecule has 0 aromatic rings. The first kappa shape index (κ1) is 15.9. The van der Waals surface area contributed by atoms with Gasteiger partial charge in [-0.25, -0.2) is 0 Å². The molecule has 18 heavy (non-hydrogen) atoms. The van der Waals surface area contributed by atoms with Gasteiger partial charge in [-0.05, 0) is 0 Å². The van der Waals surface area contributed by atoms with Gasteiger partial charge in [0.05, 0.1) is 32.1 Å². The Morgan fingerprint density at radius 2 is 1.61 bits per heavy atom. The third kappa shape index (κ3) is 7.19. The quantitative estimate of drug-likeness (QED) is 0.561. The van der Waals surface area contributed by atoms with Crippen LogP contribution in [-0.2, 0) is 14.4 Å². The molecule has 0 saturated carbocycles. The van der Waals surface area contributed by atoms with E-state index in [-0.39, 0.29) is 19.5 Å². The Morgan fingerprint density at radius 3 is 2.00 bits per heavy atom. The molecule has 100 valence electrons. The molecule has 0 aliphatic rings. The Morgan fingerprint density at radius 1 is 1.11 bits per heavy atom. The molecule has 0 heterocycles. The summed E-state index contributed by atoms with van der Waals surface area (Å²) in [5.41, 5.74) is 0. The van der Waals surface area contributed by atoms with Gasteiger partial charge in [0.1, 0.15) is 0 Å². The molecule has 0 spiro atoms. The van der Waals surface area contributed by atoms with Gasteiger partial charge in [0.15, 0.2) is 0 Å². The van der Waals surface area contributed by atoms with E-state index in [1.807, 2.05) is 6.07 Å². The second kappa shape index (κ2) is 8.03. The highest BCUT2D eigenvalue weighted by atomic mass is 16.4. The number of amides is 1. The highest BCUT2D eigenvalue weighted by Gasteiger charge is 2.18. The Kier molecular flexibility index (Phi) is 7.07. The van der Waals surface area contributed by atoms with E-state index in [0.717, 1.165) is 4.90 Å². The second-order valence-electron chi connectivity index (χ2n) is 3.66. The van der Waals surface area contributed by atoms with Crippen LogP contribution in [0.2, 0.25) is 0 Å². The molecule has 1 amide bonds. The molecular formula is C10H15N3O5. The van der Waals surface area contributed by atoms with Crippen molar-refractivity contribution < 1.29 is 24.6 Å². The number of aliphatic carboxylic acids is 2. The van der Waals surface area contributed by atoms with Crippen molar-refractivity contribution in [1.29, 1.82) is 5.26 Å². The maximum Gasteiger partial charge on any atom is 0.317 e. The highest BCUT2D eigenvalue weighted by Crippen LogP contribution is 1.94. The first-order chi connectivity index (χ1) is 8.36. The van der Waals surface area contributed by atoms with Gasteiger partial charge in [-0.2, -0.15) is 5.26 Å². The van der Waals surface area contributed by atoms with Crippen molar-refractivity contribution in [3.63, 3.8) is 0 Å². The van der Waals surface area contributed by atoms with Gasteiger partial charge in [0.25, 0.3) is 0 Å². The van der Waals surface area contributed by atoms with E-state index in [9.17, 15) is 14.4 Å². The van der Waals surface area contributed by atoms with Crippen molar-refractivity contribution in [2.24, 2.45) is 0 Å². The second-order valence-corrected chi connectivity index (χ2v) is 3.66. The minimum atomic E-state index is -1.20. The average molecular weight is 257 g/mol. The lowest BCUT2D eigenvalue weighted by molar-refractivity contribution is -0.143. The van der Waals surface area contributed by atoms with E-state index < -0.39 is 30.9 Å². The van der Waals surface area contributed by atoms with Gasteiger partial charge >= 0.3 is 11.9 Å². The molecule has 8 heteroatoms. The molecule has 0 aliphatic heterocycles. The van der Waals surface area contributed by atoms with Crippen molar-refractivity contribution in [1.82, 2.24) is 9.80 Å². The smallest absolute Gasteiger partial charge is 0.317 e. The van der Waals surface area contributed by atoms with Crippen LogP contribution in [0.4, 0.5) is 0 Å². The fourth-order valence-electron chi connectivity index (χ4n) is 1.20. The summed E-state index contributed by atoms with van der Waals surface area (Å²) in [5.74, 6) is -2.83. The number of carbonyl (C=O) groups excluding carboxylic acids is 1. The number of carboxylic acid groups (broad SMARTS) is 2. The number of nitrogens with zero attached hydrogens (tertiary/aromatic N) is 3. The summed E-state index contributed by atoms with van der Waals surface area (Å²) in [4.78, 5) is 34.9. The molecule has 0 saturated heterocycles. The number of hydrogen-bond acceptors (Lipinski definition) is 5. The van der Waals surface area contributed by atoms with E-state index in [1.165, 1.54) is 11.9 Å². The molecular weight excluding hydrogens is 242 g/mol. The summed E-state index contributed by atoms with van der Waals surface area (Å²) in [6.45, 7) is -1.13. The Hall–Kier alpha value is -2.14. The molecule has 0 aromatic heterocycles. The van der Waals surface area contributed by atoms with Crippen LogP contribution < -0.4 is 0 Å². The molecule has 0 unspecified atom stereocenters. The summed E-state index contributed by atoms with van der Waals surface area (Å²) in [5, 5.41) is 25.5. The molecule has 0 bridgehead atoms. The lowest BCUT2D eigenvalue weighted by Gasteiger charge is -2.21. The predicted octanol–water partition coefficient (Wildman–Crippen LogP) is -1.17. The molecule has 8 nitrogen and oxygen atoms in total.